The summed E-state index contributed by atoms with van der Waals surface area (Å²) in [6.45, 7) is 1.51. The fraction of sp³-hybridized carbons (Fsp3) is 0.182. The highest BCUT2D eigenvalue weighted by molar-refractivity contribution is 5.84. The van der Waals surface area contributed by atoms with E-state index in [-0.39, 0.29) is 12.2 Å². The Balaban J connectivity index is 1.83. The molecule has 0 amide bonds. The first-order valence-electron chi connectivity index (χ1n) is 8.98. The molecule has 1 unspecified atom stereocenters. The average molecular weight is 411 g/mol. The summed E-state index contributed by atoms with van der Waals surface area (Å²) in [4.78, 5) is 24.9. The van der Waals surface area contributed by atoms with Gasteiger partial charge in [0.1, 0.15) is 6.04 Å². The number of hydrogen-bond acceptors (Lipinski definition) is 4. The molecule has 0 aliphatic heterocycles. The number of Topliss-reactive ketones (excluding diaryl/α,β-unsaturated/α-hetero) is 1. The van der Waals surface area contributed by atoms with Gasteiger partial charge in [-0.25, -0.2) is 4.68 Å². The molecule has 0 aliphatic carbocycles. The predicted octanol–water partition coefficient (Wildman–Crippen LogP) is 4.17. The van der Waals surface area contributed by atoms with Gasteiger partial charge in [-0.3, -0.25) is 9.59 Å². The number of carbonyl (C=O) groups excluding carboxylic acids is 1. The van der Waals surface area contributed by atoms with Crippen molar-refractivity contribution >= 4 is 5.78 Å². The highest BCUT2D eigenvalue weighted by atomic mass is 19.4. The molecule has 152 valence electrons. The molecule has 3 rings (SSSR count). The molecular formula is C22H16F3N3O2. The number of nitriles is 1. The quantitative estimate of drug-likeness (QED) is 0.631. The minimum absolute atomic E-state index is 0.137. The van der Waals surface area contributed by atoms with Crippen LogP contribution in [-0.2, 0) is 17.4 Å². The summed E-state index contributed by atoms with van der Waals surface area (Å²) in [6.07, 6.45) is -4.59. The smallest absolute Gasteiger partial charge is 0.297 e. The first-order chi connectivity index (χ1) is 14.2. The summed E-state index contributed by atoms with van der Waals surface area (Å²) in [5.74, 6) is -0.368. The second kappa shape index (κ2) is 8.33. The van der Waals surface area contributed by atoms with Gasteiger partial charge in [0.15, 0.2) is 5.78 Å². The number of carbonyl (C=O) groups is 1. The first kappa shape index (κ1) is 21.0. The number of alkyl halides is 3. The van der Waals surface area contributed by atoms with E-state index in [1.165, 1.54) is 31.2 Å². The third kappa shape index (κ3) is 4.63. The molecule has 0 bridgehead atoms. The number of ketones is 1. The molecule has 0 aliphatic rings. The molecule has 5 nitrogen and oxygen atoms in total. The Kier molecular flexibility index (Phi) is 5.83. The maximum atomic E-state index is 12.7. The van der Waals surface area contributed by atoms with Crippen molar-refractivity contribution in [2.45, 2.75) is 25.6 Å². The van der Waals surface area contributed by atoms with Crippen molar-refractivity contribution in [1.29, 1.82) is 5.26 Å². The molecule has 0 saturated heterocycles. The van der Waals surface area contributed by atoms with Crippen LogP contribution in [0, 0.1) is 11.3 Å². The Morgan fingerprint density at radius 3 is 2.47 bits per heavy atom. The van der Waals surface area contributed by atoms with Crippen molar-refractivity contribution in [3.8, 4) is 17.3 Å². The van der Waals surface area contributed by atoms with E-state index in [4.69, 9.17) is 5.26 Å². The molecule has 0 N–H and O–H groups in total. The monoisotopic (exact) mass is 411 g/mol. The summed E-state index contributed by atoms with van der Waals surface area (Å²) in [7, 11) is 0. The highest BCUT2D eigenvalue weighted by Crippen LogP contribution is 2.29. The normalized spacial score (nSPS) is 12.2. The Hall–Kier alpha value is -3.73. The second-order valence-electron chi connectivity index (χ2n) is 6.71. The van der Waals surface area contributed by atoms with Crippen molar-refractivity contribution < 1.29 is 18.0 Å². The van der Waals surface area contributed by atoms with Crippen LogP contribution in [0.4, 0.5) is 13.2 Å². The van der Waals surface area contributed by atoms with Crippen molar-refractivity contribution in [2.24, 2.45) is 0 Å². The lowest BCUT2D eigenvalue weighted by Gasteiger charge is -2.14. The van der Waals surface area contributed by atoms with E-state index in [9.17, 15) is 22.8 Å². The van der Waals surface area contributed by atoms with Gasteiger partial charge in [-0.05, 0) is 42.8 Å². The summed E-state index contributed by atoms with van der Waals surface area (Å²) in [6, 6.07) is 14.9. The minimum Gasteiger partial charge on any atom is -0.297 e. The summed E-state index contributed by atoms with van der Waals surface area (Å²) in [5, 5.41) is 13.3. The fourth-order valence-corrected chi connectivity index (χ4v) is 2.90. The van der Waals surface area contributed by atoms with E-state index in [0.717, 1.165) is 16.8 Å². The van der Waals surface area contributed by atoms with E-state index >= 15 is 0 Å². The van der Waals surface area contributed by atoms with E-state index < -0.39 is 23.3 Å². The summed E-state index contributed by atoms with van der Waals surface area (Å²) in [5.41, 5.74) is 0.593. The van der Waals surface area contributed by atoms with Crippen LogP contribution in [0.15, 0.2) is 65.5 Å². The molecule has 0 spiro atoms. The van der Waals surface area contributed by atoms with Crippen LogP contribution in [0.2, 0.25) is 0 Å². The van der Waals surface area contributed by atoms with Gasteiger partial charge in [-0.1, -0.05) is 24.3 Å². The Labute approximate surface area is 170 Å². The number of nitrogens with zero attached hydrogens (tertiary/aromatic N) is 3. The largest absolute Gasteiger partial charge is 0.416 e. The summed E-state index contributed by atoms with van der Waals surface area (Å²) >= 11 is 0. The lowest BCUT2D eigenvalue weighted by Crippen LogP contribution is -2.30. The van der Waals surface area contributed by atoms with Crippen molar-refractivity contribution in [2.75, 3.05) is 0 Å². The minimum atomic E-state index is -4.45. The van der Waals surface area contributed by atoms with Crippen molar-refractivity contribution in [3.05, 3.63) is 87.7 Å². The van der Waals surface area contributed by atoms with Crippen LogP contribution in [0.25, 0.3) is 11.3 Å². The zero-order valence-corrected chi connectivity index (χ0v) is 15.8. The predicted molar refractivity (Wildman–Crippen MR) is 104 cm³/mol. The molecule has 1 atom stereocenters. The standard InChI is InChI=1S/C22H16F3N3O2/c1-14(20(29)12-15-5-7-18(8-6-15)22(23,24)25)28-21(30)10-9-19(27-28)17-4-2-3-16(11-17)13-26/h2-11,14H,12H2,1H3. The number of aromatic nitrogens is 2. The lowest BCUT2D eigenvalue weighted by molar-refractivity contribution is -0.137. The van der Waals surface area contributed by atoms with Crippen LogP contribution in [0.3, 0.4) is 0 Å². The molecule has 1 heterocycles. The Morgan fingerprint density at radius 2 is 1.83 bits per heavy atom. The van der Waals surface area contributed by atoms with E-state index in [1.807, 2.05) is 6.07 Å². The average Bonchev–Trinajstić information content (AvgIpc) is 2.73. The maximum Gasteiger partial charge on any atom is 0.416 e. The van der Waals surface area contributed by atoms with Crippen molar-refractivity contribution in [3.63, 3.8) is 0 Å². The molecule has 1 aromatic heterocycles. The Bertz CT molecular complexity index is 1180. The van der Waals surface area contributed by atoms with E-state index in [0.29, 0.717) is 22.4 Å². The van der Waals surface area contributed by atoms with Gasteiger partial charge >= 0.3 is 6.18 Å². The molecule has 0 radical (unpaired) electrons. The van der Waals surface area contributed by atoms with Gasteiger partial charge < -0.3 is 0 Å². The van der Waals surface area contributed by atoms with Gasteiger partial charge in [0.25, 0.3) is 5.56 Å². The number of rotatable bonds is 5. The topological polar surface area (TPSA) is 75.8 Å². The second-order valence-corrected chi connectivity index (χ2v) is 6.71. The Morgan fingerprint density at radius 1 is 1.13 bits per heavy atom. The molecule has 3 aromatic rings. The van der Waals surface area contributed by atoms with Gasteiger partial charge in [0, 0.05) is 18.1 Å². The molecule has 0 saturated carbocycles. The molecule has 0 fully saturated rings. The van der Waals surface area contributed by atoms with Gasteiger partial charge in [-0.15, -0.1) is 0 Å². The zero-order valence-electron chi connectivity index (χ0n) is 15.8. The lowest BCUT2D eigenvalue weighted by atomic mass is 10.0. The van der Waals surface area contributed by atoms with Crippen LogP contribution in [-0.4, -0.2) is 15.6 Å². The first-order valence-corrected chi connectivity index (χ1v) is 8.98. The zero-order chi connectivity index (χ0) is 21.9. The summed E-state index contributed by atoms with van der Waals surface area (Å²) < 4.78 is 39.1. The van der Waals surface area contributed by atoms with E-state index in [1.54, 1.807) is 24.3 Å². The number of benzene rings is 2. The number of halogens is 3. The molecule has 8 heteroatoms. The van der Waals surface area contributed by atoms with Gasteiger partial charge in [-0.2, -0.15) is 23.5 Å². The van der Waals surface area contributed by atoms with Gasteiger partial charge in [0.05, 0.1) is 22.9 Å². The highest BCUT2D eigenvalue weighted by Gasteiger charge is 2.30. The third-order valence-corrected chi connectivity index (χ3v) is 4.60. The van der Waals surface area contributed by atoms with Crippen LogP contribution >= 0.6 is 0 Å². The van der Waals surface area contributed by atoms with E-state index in [2.05, 4.69) is 5.10 Å². The fourth-order valence-electron chi connectivity index (χ4n) is 2.90. The van der Waals surface area contributed by atoms with Crippen LogP contribution in [0.1, 0.15) is 29.7 Å². The number of hydrogen-bond donors (Lipinski definition) is 0. The molecular weight excluding hydrogens is 395 g/mol. The molecule has 30 heavy (non-hydrogen) atoms. The van der Waals surface area contributed by atoms with Crippen molar-refractivity contribution in [1.82, 2.24) is 9.78 Å². The maximum absolute atomic E-state index is 12.7. The van der Waals surface area contributed by atoms with Gasteiger partial charge in [0.2, 0.25) is 0 Å². The SMILES string of the molecule is CC(C(=O)Cc1ccc(C(F)(F)F)cc1)n1nc(-c2cccc(C#N)c2)ccc1=O. The van der Waals surface area contributed by atoms with Crippen LogP contribution < -0.4 is 5.56 Å². The van der Waals surface area contributed by atoms with Crippen LogP contribution in [0.5, 0.6) is 0 Å². The molecule has 2 aromatic carbocycles. The third-order valence-electron chi connectivity index (χ3n) is 4.60.